The Bertz CT molecular complexity index is 2040. The summed E-state index contributed by atoms with van der Waals surface area (Å²) >= 11 is 0. The van der Waals surface area contributed by atoms with E-state index < -0.39 is 15.8 Å². The maximum atomic E-state index is 16.0. The van der Waals surface area contributed by atoms with Gasteiger partial charge in [0.1, 0.15) is 11.5 Å². The molecule has 2 aromatic heterocycles. The number of benzene rings is 3. The molecule has 51 heavy (non-hydrogen) atoms. The largest absolute Gasteiger partial charge is 0.371 e. The second kappa shape index (κ2) is 15.3. The molecule has 0 aliphatic carbocycles. The van der Waals surface area contributed by atoms with Crippen molar-refractivity contribution in [3.05, 3.63) is 115 Å². The van der Waals surface area contributed by atoms with Crippen LogP contribution in [0.15, 0.2) is 97.5 Å². The summed E-state index contributed by atoms with van der Waals surface area (Å²) in [6, 6.07) is 23.8. The van der Waals surface area contributed by atoms with Crippen molar-refractivity contribution in [3.8, 4) is 28.1 Å². The molecule has 3 aromatic carbocycles. The summed E-state index contributed by atoms with van der Waals surface area (Å²) in [6.07, 6.45) is 10.0. The molecule has 4 heterocycles. The summed E-state index contributed by atoms with van der Waals surface area (Å²) in [5.41, 5.74) is 5.20. The van der Waals surface area contributed by atoms with Gasteiger partial charge < -0.3 is 9.80 Å². The second-order valence-electron chi connectivity index (χ2n) is 13.7. The zero-order valence-corrected chi connectivity index (χ0v) is 29.7. The van der Waals surface area contributed by atoms with Crippen molar-refractivity contribution in [2.24, 2.45) is 5.92 Å². The highest BCUT2D eigenvalue weighted by Gasteiger charge is 2.26. The van der Waals surface area contributed by atoms with E-state index in [-0.39, 0.29) is 22.8 Å². The van der Waals surface area contributed by atoms with Crippen molar-refractivity contribution < 1.29 is 17.2 Å². The van der Waals surface area contributed by atoms with Gasteiger partial charge in [0.15, 0.2) is 5.82 Å². The number of nitrogens with one attached hydrogen (secondary N) is 1. The Morgan fingerprint density at radius 3 is 2.25 bits per heavy atom. The predicted octanol–water partition coefficient (Wildman–Crippen LogP) is 8.13. The van der Waals surface area contributed by atoms with Crippen molar-refractivity contribution >= 4 is 21.4 Å². The van der Waals surface area contributed by atoms with E-state index in [4.69, 9.17) is 5.10 Å². The molecule has 2 saturated heterocycles. The molecule has 5 aromatic rings. The molecular formula is C40H44F2N6O2S. The molecular weight excluding hydrogens is 667 g/mol. The van der Waals surface area contributed by atoms with Crippen molar-refractivity contribution in [3.63, 3.8) is 0 Å². The first kappa shape index (κ1) is 34.8. The summed E-state index contributed by atoms with van der Waals surface area (Å²) in [6.45, 7) is 6.99. The Morgan fingerprint density at radius 1 is 0.824 bits per heavy atom. The van der Waals surface area contributed by atoms with Crippen LogP contribution in [0, 0.1) is 17.6 Å². The number of aromatic nitrogens is 3. The van der Waals surface area contributed by atoms with Crippen molar-refractivity contribution in [2.75, 3.05) is 48.1 Å². The van der Waals surface area contributed by atoms with Crippen LogP contribution in [0.4, 0.5) is 20.2 Å². The van der Waals surface area contributed by atoms with E-state index in [9.17, 15) is 12.8 Å². The van der Waals surface area contributed by atoms with Crippen LogP contribution in [0.3, 0.4) is 0 Å². The molecule has 0 radical (unpaired) electrons. The number of halogens is 2. The number of hydrogen-bond acceptors (Lipinski definition) is 6. The second-order valence-corrected chi connectivity index (χ2v) is 15.6. The Morgan fingerprint density at radius 2 is 1.55 bits per heavy atom. The Hall–Kier alpha value is -4.61. The van der Waals surface area contributed by atoms with Crippen LogP contribution < -0.4 is 9.62 Å². The van der Waals surface area contributed by atoms with Gasteiger partial charge in [-0.3, -0.25) is 9.71 Å². The van der Waals surface area contributed by atoms with Gasteiger partial charge in [0.25, 0.3) is 0 Å². The molecule has 2 aliphatic heterocycles. The lowest BCUT2D eigenvalue weighted by molar-refractivity contribution is 0.170. The molecule has 0 unspecified atom stereocenters. The molecule has 2 aliphatic rings. The number of rotatable bonds is 11. The maximum Gasteiger partial charge on any atom is 0.232 e. The van der Waals surface area contributed by atoms with Crippen molar-refractivity contribution in [2.45, 2.75) is 44.9 Å². The van der Waals surface area contributed by atoms with Gasteiger partial charge in [-0.15, -0.1) is 0 Å². The minimum absolute atomic E-state index is 0.0870. The van der Waals surface area contributed by atoms with Gasteiger partial charge in [-0.05, 0) is 111 Å². The van der Waals surface area contributed by atoms with Gasteiger partial charge in [0.2, 0.25) is 10.0 Å². The number of likely N-dealkylation sites (tertiary alicyclic amines) is 1. The third-order valence-electron chi connectivity index (χ3n) is 10.2. The van der Waals surface area contributed by atoms with E-state index in [1.807, 2.05) is 18.2 Å². The van der Waals surface area contributed by atoms with Crippen LogP contribution in [0.25, 0.3) is 28.1 Å². The smallest absolute Gasteiger partial charge is 0.232 e. The topological polar surface area (TPSA) is 83.4 Å². The lowest BCUT2D eigenvalue weighted by atomic mass is 9.88. The molecule has 0 amide bonds. The number of piperidine rings is 2. The van der Waals surface area contributed by atoms with Crippen LogP contribution >= 0.6 is 0 Å². The highest BCUT2D eigenvalue weighted by Crippen LogP contribution is 2.37. The van der Waals surface area contributed by atoms with Crippen LogP contribution in [0.1, 0.15) is 50.5 Å². The van der Waals surface area contributed by atoms with Gasteiger partial charge in [-0.2, -0.15) is 5.10 Å². The van der Waals surface area contributed by atoms with Gasteiger partial charge >= 0.3 is 0 Å². The Kier molecular flexibility index (Phi) is 10.5. The number of sulfonamides is 1. The Labute approximate surface area is 299 Å². The first-order valence-electron chi connectivity index (χ1n) is 17.9. The number of hydrogen-bond donors (Lipinski definition) is 1. The summed E-state index contributed by atoms with van der Waals surface area (Å²) in [5.74, 6) is 0.237. The van der Waals surface area contributed by atoms with Gasteiger partial charge in [0.05, 0.1) is 17.1 Å². The Balaban J connectivity index is 1.02. The minimum Gasteiger partial charge on any atom is -0.371 e. The van der Waals surface area contributed by atoms with Crippen molar-refractivity contribution in [1.29, 1.82) is 0 Å². The van der Waals surface area contributed by atoms with E-state index in [1.54, 1.807) is 54.5 Å². The molecule has 2 fully saturated rings. The normalized spacial score (nSPS) is 16.4. The summed E-state index contributed by atoms with van der Waals surface area (Å²) in [7, 11) is -3.67. The average molecular weight is 711 g/mol. The fourth-order valence-electron chi connectivity index (χ4n) is 7.49. The molecule has 1 N–H and O–H groups in total. The number of anilines is 2. The fraction of sp³-hybridized carbons (Fsp3) is 0.350. The minimum atomic E-state index is -3.67. The molecule has 0 spiro atoms. The van der Waals surface area contributed by atoms with Crippen molar-refractivity contribution in [1.82, 2.24) is 19.7 Å². The van der Waals surface area contributed by atoms with E-state index >= 15 is 4.39 Å². The fourth-order valence-corrected chi connectivity index (χ4v) is 8.62. The van der Waals surface area contributed by atoms with E-state index in [1.165, 1.54) is 17.7 Å². The highest BCUT2D eigenvalue weighted by atomic mass is 32.2. The molecule has 7 rings (SSSR count). The van der Waals surface area contributed by atoms with Crippen LogP contribution in [-0.4, -0.2) is 66.6 Å². The van der Waals surface area contributed by atoms with E-state index in [0.29, 0.717) is 29.5 Å². The molecule has 8 nitrogen and oxygen atoms in total. The monoisotopic (exact) mass is 710 g/mol. The van der Waals surface area contributed by atoms with Crippen LogP contribution in [0.5, 0.6) is 0 Å². The quantitative estimate of drug-likeness (QED) is 0.149. The molecule has 11 heteroatoms. The van der Waals surface area contributed by atoms with Gasteiger partial charge in [-0.1, -0.05) is 37.3 Å². The zero-order valence-electron chi connectivity index (χ0n) is 28.9. The lowest BCUT2D eigenvalue weighted by Gasteiger charge is -2.38. The average Bonchev–Trinajstić information content (AvgIpc) is 3.59. The zero-order chi connectivity index (χ0) is 35.4. The molecule has 0 bridgehead atoms. The lowest BCUT2D eigenvalue weighted by Crippen LogP contribution is -2.41. The van der Waals surface area contributed by atoms with Gasteiger partial charge in [-0.25, -0.2) is 21.9 Å². The van der Waals surface area contributed by atoms with E-state index in [2.05, 4.69) is 43.8 Å². The first-order valence-corrected chi connectivity index (χ1v) is 19.5. The highest BCUT2D eigenvalue weighted by molar-refractivity contribution is 7.92. The third-order valence-corrected chi connectivity index (χ3v) is 11.7. The van der Waals surface area contributed by atoms with Crippen LogP contribution in [-0.2, 0) is 10.0 Å². The molecule has 0 saturated carbocycles. The number of pyridine rings is 1. The van der Waals surface area contributed by atoms with Crippen LogP contribution in [0.2, 0.25) is 0 Å². The van der Waals surface area contributed by atoms with E-state index in [0.717, 1.165) is 75.3 Å². The van der Waals surface area contributed by atoms with Gasteiger partial charge in [0, 0.05) is 60.6 Å². The first-order chi connectivity index (χ1) is 24.8. The molecule has 266 valence electrons. The third kappa shape index (κ3) is 8.15. The molecule has 0 atom stereocenters. The number of nitrogens with zero attached hydrogens (tertiary/aromatic N) is 5. The standard InChI is InChI=1S/C40H44F2N6O2S/c1-2-25-51(49,50)45-38-8-4-7-36(39(38)42)37-28-48(44-40(37)32-13-19-43-20-14-32)34-11-9-30(10-12-34)31-17-21-46(22-18-31)27-29-15-23-47(24-16-29)35-6-3-5-33(41)26-35/h3-14,19-20,26,28-29,31,45H,2,15-18,21-25,27H2,1H3. The summed E-state index contributed by atoms with van der Waals surface area (Å²) in [4.78, 5) is 9.05. The predicted molar refractivity (Wildman–Crippen MR) is 200 cm³/mol. The SMILES string of the molecule is CCCS(=O)(=O)Nc1cccc(-c2cn(-c3ccc(C4CCN(CC5CCN(c6cccc(F)c6)CC5)CC4)cc3)nc2-c2ccncc2)c1F. The maximum absolute atomic E-state index is 16.0. The summed E-state index contributed by atoms with van der Waals surface area (Å²) in [5, 5.41) is 4.89. The summed E-state index contributed by atoms with van der Waals surface area (Å²) < 4.78 is 58.7.